The van der Waals surface area contributed by atoms with Crippen molar-refractivity contribution in [3.05, 3.63) is 66.3 Å². The number of hydrogen-bond acceptors (Lipinski definition) is 5. The van der Waals surface area contributed by atoms with Crippen LogP contribution in [0.2, 0.25) is 0 Å². The Hall–Kier alpha value is -2.66. The van der Waals surface area contributed by atoms with E-state index in [0.29, 0.717) is 12.4 Å². The predicted molar refractivity (Wildman–Crippen MR) is 88.1 cm³/mol. The lowest BCUT2D eigenvalue weighted by Crippen LogP contribution is -2.17. The quantitative estimate of drug-likeness (QED) is 0.680. The van der Waals surface area contributed by atoms with Crippen molar-refractivity contribution in [2.24, 2.45) is 0 Å². The summed E-state index contributed by atoms with van der Waals surface area (Å²) in [7, 11) is 1.65. The smallest absolute Gasteiger partial charge is 0.226 e. The van der Waals surface area contributed by atoms with Gasteiger partial charge in [-0.05, 0) is 36.4 Å². The molecule has 5 heteroatoms. The number of oxazole rings is 1. The molecule has 1 N–H and O–H groups in total. The molecular formula is C18H19N3O2. The maximum absolute atomic E-state index is 5.54. The fraction of sp³-hybridized carbons (Fsp3) is 0.222. The summed E-state index contributed by atoms with van der Waals surface area (Å²) < 4.78 is 10.7. The third-order valence-corrected chi connectivity index (χ3v) is 3.48. The van der Waals surface area contributed by atoms with E-state index in [4.69, 9.17) is 9.15 Å². The topological polar surface area (TPSA) is 60.2 Å². The predicted octanol–water partition coefficient (Wildman–Crippen LogP) is 3.08. The second kappa shape index (κ2) is 7.56. The molecule has 1 aromatic carbocycles. The summed E-state index contributed by atoms with van der Waals surface area (Å²) in [6, 6.07) is 13.6. The zero-order valence-corrected chi connectivity index (χ0v) is 13.0. The van der Waals surface area contributed by atoms with Gasteiger partial charge in [0.2, 0.25) is 5.89 Å². The van der Waals surface area contributed by atoms with Crippen LogP contribution in [0, 0.1) is 0 Å². The highest BCUT2D eigenvalue weighted by Gasteiger charge is 2.06. The van der Waals surface area contributed by atoms with Crippen LogP contribution in [0.1, 0.15) is 11.4 Å². The van der Waals surface area contributed by atoms with Crippen LogP contribution in [0.3, 0.4) is 0 Å². The average Bonchev–Trinajstić information content (AvgIpc) is 3.09. The van der Waals surface area contributed by atoms with Gasteiger partial charge in [0, 0.05) is 37.0 Å². The zero-order chi connectivity index (χ0) is 15.9. The van der Waals surface area contributed by atoms with E-state index in [1.807, 2.05) is 48.7 Å². The highest BCUT2D eigenvalue weighted by atomic mass is 16.5. The van der Waals surface area contributed by atoms with Gasteiger partial charge in [0.25, 0.3) is 0 Å². The molecule has 0 spiro atoms. The summed E-state index contributed by atoms with van der Waals surface area (Å²) >= 11 is 0. The molecular weight excluding hydrogens is 290 g/mol. The van der Waals surface area contributed by atoms with Crippen molar-refractivity contribution >= 4 is 0 Å². The Balaban J connectivity index is 1.51. The molecule has 0 bridgehead atoms. The number of rotatable bonds is 7. The third-order valence-electron chi connectivity index (χ3n) is 3.48. The molecule has 0 unspecified atom stereocenters. The van der Waals surface area contributed by atoms with Crippen LogP contribution < -0.4 is 10.1 Å². The van der Waals surface area contributed by atoms with Crippen LogP contribution in [-0.4, -0.2) is 23.6 Å². The van der Waals surface area contributed by atoms with Gasteiger partial charge in [0.15, 0.2) is 0 Å². The molecule has 0 saturated carbocycles. The Bertz CT molecular complexity index is 724. The van der Waals surface area contributed by atoms with Gasteiger partial charge >= 0.3 is 0 Å². The molecule has 0 radical (unpaired) electrons. The molecule has 0 atom stereocenters. The highest BCUT2D eigenvalue weighted by Crippen LogP contribution is 2.21. The molecule has 2 heterocycles. The summed E-state index contributed by atoms with van der Waals surface area (Å²) in [4.78, 5) is 8.79. The Morgan fingerprint density at radius 3 is 2.70 bits per heavy atom. The van der Waals surface area contributed by atoms with E-state index in [0.717, 1.165) is 35.7 Å². The van der Waals surface area contributed by atoms with E-state index in [1.54, 1.807) is 13.4 Å². The minimum absolute atomic E-state index is 0.620. The van der Waals surface area contributed by atoms with E-state index in [9.17, 15) is 0 Å². The standard InChI is InChI=1S/C18H19N3O2/c1-22-17-7-5-14(6-8-17)18-21-16(13-23-18)12-19-11-9-15-4-2-3-10-20-15/h2-8,10,13,19H,9,11-12H2,1H3. The number of pyridine rings is 1. The van der Waals surface area contributed by atoms with Gasteiger partial charge in [-0.3, -0.25) is 4.98 Å². The zero-order valence-electron chi connectivity index (χ0n) is 13.0. The molecule has 0 aliphatic rings. The minimum Gasteiger partial charge on any atom is -0.497 e. The fourth-order valence-corrected chi connectivity index (χ4v) is 2.23. The molecule has 0 aliphatic heterocycles. The summed E-state index contributed by atoms with van der Waals surface area (Å²) in [6.07, 6.45) is 4.39. The number of nitrogens with one attached hydrogen (secondary N) is 1. The van der Waals surface area contributed by atoms with Crippen molar-refractivity contribution < 1.29 is 9.15 Å². The second-order valence-corrected chi connectivity index (χ2v) is 5.12. The number of nitrogens with zero attached hydrogens (tertiary/aromatic N) is 2. The lowest BCUT2D eigenvalue weighted by Gasteiger charge is -2.02. The Kier molecular flexibility index (Phi) is 5.01. The van der Waals surface area contributed by atoms with Gasteiger partial charge in [0.05, 0.1) is 12.8 Å². The molecule has 0 amide bonds. The first kappa shape index (κ1) is 15.2. The van der Waals surface area contributed by atoms with Crippen LogP contribution in [-0.2, 0) is 13.0 Å². The second-order valence-electron chi connectivity index (χ2n) is 5.12. The first-order valence-electron chi connectivity index (χ1n) is 7.54. The van der Waals surface area contributed by atoms with Crippen LogP contribution >= 0.6 is 0 Å². The lowest BCUT2D eigenvalue weighted by atomic mass is 10.2. The Labute approximate surface area is 135 Å². The number of hydrogen-bond donors (Lipinski definition) is 1. The van der Waals surface area contributed by atoms with E-state index >= 15 is 0 Å². The fourth-order valence-electron chi connectivity index (χ4n) is 2.23. The maximum atomic E-state index is 5.54. The van der Waals surface area contributed by atoms with E-state index in [2.05, 4.69) is 15.3 Å². The van der Waals surface area contributed by atoms with Crippen LogP contribution in [0.5, 0.6) is 5.75 Å². The number of ether oxygens (including phenoxy) is 1. The van der Waals surface area contributed by atoms with Crippen molar-refractivity contribution in [3.63, 3.8) is 0 Å². The first-order chi connectivity index (χ1) is 11.3. The summed E-state index contributed by atoms with van der Waals surface area (Å²) in [5, 5.41) is 3.35. The van der Waals surface area contributed by atoms with Crippen molar-refractivity contribution in [3.8, 4) is 17.2 Å². The lowest BCUT2D eigenvalue weighted by molar-refractivity contribution is 0.415. The molecule has 23 heavy (non-hydrogen) atoms. The SMILES string of the molecule is COc1ccc(-c2nc(CNCCc3ccccn3)co2)cc1. The largest absolute Gasteiger partial charge is 0.497 e. The maximum Gasteiger partial charge on any atom is 0.226 e. The molecule has 2 aromatic heterocycles. The van der Waals surface area contributed by atoms with Crippen molar-refractivity contribution in [1.82, 2.24) is 15.3 Å². The van der Waals surface area contributed by atoms with Gasteiger partial charge < -0.3 is 14.5 Å². The normalized spacial score (nSPS) is 10.7. The molecule has 3 rings (SSSR count). The minimum atomic E-state index is 0.620. The van der Waals surface area contributed by atoms with Gasteiger partial charge in [-0.2, -0.15) is 0 Å². The van der Waals surface area contributed by atoms with Crippen LogP contribution in [0.4, 0.5) is 0 Å². The van der Waals surface area contributed by atoms with Crippen molar-refractivity contribution in [2.75, 3.05) is 13.7 Å². The molecule has 3 aromatic rings. The molecule has 0 saturated heterocycles. The van der Waals surface area contributed by atoms with Crippen molar-refractivity contribution in [2.45, 2.75) is 13.0 Å². The summed E-state index contributed by atoms with van der Waals surface area (Å²) in [5.41, 5.74) is 2.90. The van der Waals surface area contributed by atoms with Crippen molar-refractivity contribution in [1.29, 1.82) is 0 Å². The van der Waals surface area contributed by atoms with Gasteiger partial charge in [-0.15, -0.1) is 0 Å². The van der Waals surface area contributed by atoms with Crippen LogP contribution in [0.15, 0.2) is 59.3 Å². The number of aromatic nitrogens is 2. The summed E-state index contributed by atoms with van der Waals surface area (Å²) in [5.74, 6) is 1.44. The van der Waals surface area contributed by atoms with Gasteiger partial charge in [0.1, 0.15) is 12.0 Å². The van der Waals surface area contributed by atoms with Gasteiger partial charge in [-0.25, -0.2) is 4.98 Å². The third kappa shape index (κ3) is 4.17. The van der Waals surface area contributed by atoms with E-state index in [-0.39, 0.29) is 0 Å². The first-order valence-corrected chi connectivity index (χ1v) is 7.54. The molecule has 0 fully saturated rings. The average molecular weight is 309 g/mol. The van der Waals surface area contributed by atoms with E-state index in [1.165, 1.54) is 0 Å². The summed E-state index contributed by atoms with van der Waals surface area (Å²) in [6.45, 7) is 1.52. The monoisotopic (exact) mass is 309 g/mol. The van der Waals surface area contributed by atoms with Gasteiger partial charge in [-0.1, -0.05) is 6.07 Å². The Morgan fingerprint density at radius 1 is 1.09 bits per heavy atom. The Morgan fingerprint density at radius 2 is 1.96 bits per heavy atom. The number of methoxy groups -OCH3 is 1. The molecule has 5 nitrogen and oxygen atoms in total. The number of benzene rings is 1. The van der Waals surface area contributed by atoms with Crippen LogP contribution in [0.25, 0.3) is 11.5 Å². The molecule has 118 valence electrons. The molecule has 0 aliphatic carbocycles. The highest BCUT2D eigenvalue weighted by molar-refractivity contribution is 5.54. The van der Waals surface area contributed by atoms with E-state index < -0.39 is 0 Å².